The number of ether oxygens (including phenoxy) is 2. The third-order valence-corrected chi connectivity index (χ3v) is 7.84. The Labute approximate surface area is 256 Å². The first-order chi connectivity index (χ1) is 20.9. The number of amides is 3. The van der Waals surface area contributed by atoms with Crippen LogP contribution in [0.15, 0.2) is 36.4 Å². The minimum Gasteiger partial charge on any atom is -0.480 e. The van der Waals surface area contributed by atoms with E-state index in [1.165, 1.54) is 11.9 Å². The molecule has 2 aliphatic rings. The molecule has 0 aliphatic carbocycles. The van der Waals surface area contributed by atoms with Gasteiger partial charge in [0, 0.05) is 11.9 Å². The van der Waals surface area contributed by atoms with E-state index in [0.717, 1.165) is 10.9 Å². The van der Waals surface area contributed by atoms with Gasteiger partial charge in [-0.15, -0.1) is 0 Å². The molecule has 44 heavy (non-hydrogen) atoms. The number of aliphatic hydroxyl groups is 1. The summed E-state index contributed by atoms with van der Waals surface area (Å²) in [5.74, 6) is -2.64. The lowest BCUT2D eigenvalue weighted by molar-refractivity contribution is -0.180. The number of aliphatic hydroxyl groups excluding tert-OH is 1. The number of carbonyl (C=O) groups is 4. The van der Waals surface area contributed by atoms with E-state index in [4.69, 9.17) is 14.5 Å². The highest BCUT2D eigenvalue weighted by atomic mass is 16.7. The van der Waals surface area contributed by atoms with Crippen molar-refractivity contribution in [1.82, 2.24) is 26.1 Å². The molecule has 1 aromatic heterocycles. The summed E-state index contributed by atoms with van der Waals surface area (Å²) in [7, 11) is 0. The van der Waals surface area contributed by atoms with Gasteiger partial charge < -0.3 is 30.3 Å². The van der Waals surface area contributed by atoms with E-state index < -0.39 is 47.4 Å². The molecule has 5 N–H and O–H groups in total. The molecular weight excluding hydrogens is 570 g/mol. The fourth-order valence-corrected chi connectivity index (χ4v) is 5.01. The lowest BCUT2D eigenvalue weighted by Crippen LogP contribution is -2.61. The zero-order chi connectivity index (χ0) is 32.0. The zero-order valence-electron chi connectivity index (χ0n) is 25.4. The lowest BCUT2D eigenvalue weighted by atomic mass is 9.88. The van der Waals surface area contributed by atoms with E-state index in [1.807, 2.05) is 37.3 Å². The third kappa shape index (κ3) is 7.78. The number of benzene rings is 1. The quantitative estimate of drug-likeness (QED) is 0.264. The Balaban J connectivity index is 1.39. The van der Waals surface area contributed by atoms with Crippen LogP contribution < -0.4 is 16.1 Å². The van der Waals surface area contributed by atoms with E-state index >= 15 is 0 Å². The molecule has 2 saturated heterocycles. The third-order valence-electron chi connectivity index (χ3n) is 7.84. The number of nitrogens with zero attached hydrogens (tertiary/aromatic N) is 2. The molecule has 2 fully saturated rings. The monoisotopic (exact) mass is 611 g/mol. The van der Waals surface area contributed by atoms with Crippen LogP contribution in [0.5, 0.6) is 0 Å². The molecule has 0 saturated carbocycles. The Hall–Kier alpha value is -3.91. The number of rotatable bonds is 10. The molecule has 13 heteroatoms. The zero-order valence-corrected chi connectivity index (χ0v) is 25.4. The molecule has 4 atom stereocenters. The van der Waals surface area contributed by atoms with E-state index in [2.05, 4.69) is 16.1 Å². The van der Waals surface area contributed by atoms with Crippen molar-refractivity contribution in [2.75, 3.05) is 26.6 Å². The Morgan fingerprint density at radius 3 is 2.48 bits per heavy atom. The summed E-state index contributed by atoms with van der Waals surface area (Å²) in [5.41, 5.74) is 3.77. The maximum Gasteiger partial charge on any atom is 0.318 e. The van der Waals surface area contributed by atoms with Crippen LogP contribution in [0.4, 0.5) is 0 Å². The SMILES string of the molecule is CC(C)[C@H](O)C(=O)N[C@@H](C)C(=O)N1CCC[C@@H](C(=O)N[C@H](C)c2ccc3ccc(C=CC4(C(=O)O)COCOC4)cc3n2)N1. The van der Waals surface area contributed by atoms with Crippen LogP contribution in [0, 0.1) is 11.3 Å². The molecule has 1 aromatic carbocycles. The standard InChI is InChI=1S/C31H41N5O8/c1-18(2)26(37)28(39)33-20(4)29(40)36-13-5-6-24(35-36)27(38)32-19(3)23-10-9-22-8-7-21(14-25(22)34-23)11-12-31(30(41)42)15-43-17-44-16-31/h7-12,14,18-20,24,26,35,37H,5-6,13,15-17H2,1-4H3,(H,32,38)(H,33,39)(H,41,42)/t19-,20+,24+,26+/m1/s1. The van der Waals surface area contributed by atoms with Gasteiger partial charge in [0.05, 0.1) is 30.5 Å². The van der Waals surface area contributed by atoms with Crippen LogP contribution in [0.25, 0.3) is 17.0 Å². The number of carboxylic acids is 1. The van der Waals surface area contributed by atoms with Gasteiger partial charge in [0.1, 0.15) is 30.4 Å². The van der Waals surface area contributed by atoms with E-state index in [0.29, 0.717) is 30.6 Å². The number of hydrazine groups is 1. The second-order valence-corrected chi connectivity index (χ2v) is 11.8. The Morgan fingerprint density at radius 1 is 1.09 bits per heavy atom. The number of nitrogens with one attached hydrogen (secondary N) is 3. The Bertz CT molecular complexity index is 1410. The van der Waals surface area contributed by atoms with E-state index in [1.54, 1.807) is 26.0 Å². The van der Waals surface area contributed by atoms with Gasteiger partial charge in [0.2, 0.25) is 11.8 Å². The fourth-order valence-electron chi connectivity index (χ4n) is 5.01. The summed E-state index contributed by atoms with van der Waals surface area (Å²) in [5, 5.41) is 27.4. The summed E-state index contributed by atoms with van der Waals surface area (Å²) in [4.78, 5) is 55.0. The highest BCUT2D eigenvalue weighted by Crippen LogP contribution is 2.27. The number of pyridine rings is 1. The summed E-state index contributed by atoms with van der Waals surface area (Å²) >= 11 is 0. The van der Waals surface area contributed by atoms with Crippen molar-refractivity contribution >= 4 is 40.7 Å². The number of fused-ring (bicyclic) bond motifs is 1. The van der Waals surface area contributed by atoms with Gasteiger partial charge in [-0.25, -0.2) is 5.43 Å². The molecule has 13 nitrogen and oxygen atoms in total. The highest BCUT2D eigenvalue weighted by Gasteiger charge is 2.39. The first-order valence-corrected chi connectivity index (χ1v) is 14.8. The van der Waals surface area contributed by atoms with Gasteiger partial charge >= 0.3 is 5.97 Å². The van der Waals surface area contributed by atoms with Crippen LogP contribution >= 0.6 is 0 Å². The average molecular weight is 612 g/mol. The molecule has 238 valence electrons. The number of hydrogen-bond acceptors (Lipinski definition) is 9. The van der Waals surface area contributed by atoms with Crippen LogP contribution in [0.2, 0.25) is 0 Å². The maximum atomic E-state index is 13.2. The summed E-state index contributed by atoms with van der Waals surface area (Å²) < 4.78 is 10.5. The molecule has 3 amide bonds. The van der Waals surface area contributed by atoms with Crippen molar-refractivity contribution in [3.05, 3.63) is 47.7 Å². The van der Waals surface area contributed by atoms with E-state index in [-0.39, 0.29) is 31.8 Å². The van der Waals surface area contributed by atoms with Crippen molar-refractivity contribution in [1.29, 1.82) is 0 Å². The largest absolute Gasteiger partial charge is 0.480 e. The molecule has 0 radical (unpaired) electrons. The topological polar surface area (TPSA) is 179 Å². The van der Waals surface area contributed by atoms with Gasteiger partial charge in [-0.2, -0.15) is 0 Å². The molecule has 0 spiro atoms. The Morgan fingerprint density at radius 2 is 1.80 bits per heavy atom. The van der Waals surface area contributed by atoms with E-state index in [9.17, 15) is 29.4 Å². The summed E-state index contributed by atoms with van der Waals surface area (Å²) in [6, 6.07) is 7.35. The molecule has 2 aliphatic heterocycles. The van der Waals surface area contributed by atoms with Gasteiger partial charge in [-0.1, -0.05) is 44.2 Å². The van der Waals surface area contributed by atoms with Crippen molar-refractivity contribution in [2.45, 2.75) is 64.8 Å². The minimum atomic E-state index is -1.27. The van der Waals surface area contributed by atoms with Gasteiger partial charge in [-0.05, 0) is 50.3 Å². The molecular formula is C31H41N5O8. The van der Waals surface area contributed by atoms with Crippen molar-refractivity contribution < 1.29 is 38.9 Å². The molecule has 2 aromatic rings. The lowest BCUT2D eigenvalue weighted by Gasteiger charge is -2.35. The first kappa shape index (κ1) is 33.0. The highest BCUT2D eigenvalue weighted by molar-refractivity contribution is 5.90. The average Bonchev–Trinajstić information content (AvgIpc) is 3.02. The summed E-state index contributed by atoms with van der Waals surface area (Å²) in [6.07, 6.45) is 3.18. The van der Waals surface area contributed by atoms with Crippen molar-refractivity contribution in [3.8, 4) is 0 Å². The second-order valence-electron chi connectivity index (χ2n) is 11.8. The maximum absolute atomic E-state index is 13.2. The van der Waals surface area contributed by atoms with Crippen LogP contribution in [0.3, 0.4) is 0 Å². The van der Waals surface area contributed by atoms with Gasteiger partial charge in [0.25, 0.3) is 5.91 Å². The van der Waals surface area contributed by atoms with Crippen molar-refractivity contribution in [2.24, 2.45) is 11.3 Å². The smallest absolute Gasteiger partial charge is 0.318 e. The molecule has 0 bridgehead atoms. The second kappa shape index (κ2) is 14.2. The van der Waals surface area contributed by atoms with Crippen LogP contribution in [-0.4, -0.2) is 88.6 Å². The molecule has 4 rings (SSSR count). The van der Waals surface area contributed by atoms with Gasteiger partial charge in [0.15, 0.2) is 0 Å². The number of carbonyl (C=O) groups excluding carboxylic acids is 3. The molecule has 3 heterocycles. The number of hydrogen-bond donors (Lipinski definition) is 5. The molecule has 0 unspecified atom stereocenters. The number of carboxylic acid groups (broad SMARTS) is 1. The normalized spacial score (nSPS) is 20.7. The predicted octanol–water partition coefficient (Wildman–Crippen LogP) is 1.52. The minimum absolute atomic E-state index is 0.0197. The summed E-state index contributed by atoms with van der Waals surface area (Å²) in [6.45, 7) is 7.25. The Kier molecular flexibility index (Phi) is 10.7. The van der Waals surface area contributed by atoms with Gasteiger partial charge in [-0.3, -0.25) is 29.2 Å². The fraction of sp³-hybridized carbons (Fsp3) is 0.516. The number of aromatic nitrogens is 1. The predicted molar refractivity (Wildman–Crippen MR) is 160 cm³/mol. The first-order valence-electron chi connectivity index (χ1n) is 14.8. The number of aliphatic carboxylic acids is 1. The van der Waals surface area contributed by atoms with Crippen molar-refractivity contribution in [3.63, 3.8) is 0 Å². The van der Waals surface area contributed by atoms with Crippen LogP contribution in [-0.2, 0) is 28.7 Å². The van der Waals surface area contributed by atoms with Crippen LogP contribution in [0.1, 0.15) is 57.8 Å².